The molecule has 26 heavy (non-hydrogen) atoms. The molecule has 1 aromatic carbocycles. The van der Waals surface area contributed by atoms with Gasteiger partial charge in [0, 0.05) is 24.1 Å². The number of hydrogen-bond donors (Lipinski definition) is 2. The number of allylic oxidation sites excluding steroid dienone is 1. The number of hydroxylamine groups is 2. The molecule has 6 nitrogen and oxygen atoms in total. The summed E-state index contributed by atoms with van der Waals surface area (Å²) in [6, 6.07) is 6.45. The Balaban J connectivity index is 2.16. The van der Waals surface area contributed by atoms with Crippen LogP contribution in [0.1, 0.15) is 53.8 Å². The van der Waals surface area contributed by atoms with Gasteiger partial charge in [-0.2, -0.15) is 5.06 Å². The van der Waals surface area contributed by atoms with Crippen molar-refractivity contribution >= 4 is 11.6 Å². The fraction of sp³-hybridized carbons (Fsp3) is 0.400. The quantitative estimate of drug-likeness (QED) is 0.601. The SMILES string of the molecule is CCCON(CCC)C1(O)CC=C(O)C2=C1C(=O)c1ccccc1C2=O. The molecule has 138 valence electrons. The van der Waals surface area contributed by atoms with E-state index in [1.807, 2.05) is 13.8 Å². The highest BCUT2D eigenvalue weighted by atomic mass is 16.7. The molecule has 0 heterocycles. The van der Waals surface area contributed by atoms with Crippen LogP contribution in [0.3, 0.4) is 0 Å². The van der Waals surface area contributed by atoms with Crippen LogP contribution in [0.4, 0.5) is 0 Å². The summed E-state index contributed by atoms with van der Waals surface area (Å²) >= 11 is 0. The van der Waals surface area contributed by atoms with Gasteiger partial charge in [0.1, 0.15) is 5.76 Å². The Hall–Kier alpha value is -2.28. The zero-order valence-corrected chi connectivity index (χ0v) is 15.0. The molecule has 0 spiro atoms. The summed E-state index contributed by atoms with van der Waals surface area (Å²) in [6.45, 7) is 4.63. The number of nitrogens with zero attached hydrogens (tertiary/aromatic N) is 1. The Kier molecular flexibility index (Phi) is 5.09. The first-order valence-electron chi connectivity index (χ1n) is 8.91. The van der Waals surface area contributed by atoms with Crippen molar-refractivity contribution < 1.29 is 24.6 Å². The fourth-order valence-corrected chi connectivity index (χ4v) is 3.43. The zero-order chi connectivity index (χ0) is 18.9. The highest BCUT2D eigenvalue weighted by Crippen LogP contribution is 2.42. The highest BCUT2D eigenvalue weighted by Gasteiger charge is 2.50. The van der Waals surface area contributed by atoms with E-state index in [9.17, 15) is 19.8 Å². The number of benzene rings is 1. The molecule has 3 rings (SSSR count). The Labute approximate surface area is 152 Å². The van der Waals surface area contributed by atoms with Gasteiger partial charge < -0.3 is 10.2 Å². The maximum atomic E-state index is 13.1. The fourth-order valence-electron chi connectivity index (χ4n) is 3.43. The number of ketones is 2. The van der Waals surface area contributed by atoms with Crippen LogP contribution in [-0.4, -0.2) is 45.7 Å². The van der Waals surface area contributed by atoms with Crippen LogP contribution in [0, 0.1) is 0 Å². The molecular formula is C20H23NO5. The average molecular weight is 357 g/mol. The van der Waals surface area contributed by atoms with Crippen molar-refractivity contribution in [2.24, 2.45) is 0 Å². The number of carbonyl (C=O) groups excluding carboxylic acids is 2. The van der Waals surface area contributed by atoms with Crippen LogP contribution in [0.25, 0.3) is 0 Å². The van der Waals surface area contributed by atoms with Crippen molar-refractivity contribution in [2.75, 3.05) is 13.2 Å². The Bertz CT molecular complexity index is 810. The van der Waals surface area contributed by atoms with Crippen molar-refractivity contribution in [3.05, 3.63) is 58.4 Å². The predicted octanol–water partition coefficient (Wildman–Crippen LogP) is 2.95. The number of carbonyl (C=O) groups is 2. The van der Waals surface area contributed by atoms with Gasteiger partial charge >= 0.3 is 0 Å². The average Bonchev–Trinajstić information content (AvgIpc) is 2.65. The molecule has 2 aliphatic carbocycles. The van der Waals surface area contributed by atoms with Gasteiger partial charge in [-0.05, 0) is 18.9 Å². The van der Waals surface area contributed by atoms with Gasteiger partial charge in [0.25, 0.3) is 0 Å². The number of rotatable bonds is 6. The summed E-state index contributed by atoms with van der Waals surface area (Å²) < 4.78 is 0. The second-order valence-corrected chi connectivity index (χ2v) is 6.50. The second kappa shape index (κ2) is 7.15. The van der Waals surface area contributed by atoms with Crippen LogP contribution in [0.5, 0.6) is 0 Å². The normalized spacial score (nSPS) is 22.4. The largest absolute Gasteiger partial charge is 0.508 e. The molecule has 1 atom stereocenters. The maximum Gasteiger partial charge on any atom is 0.198 e. The molecule has 2 N–H and O–H groups in total. The van der Waals surface area contributed by atoms with E-state index in [0.717, 1.165) is 6.42 Å². The van der Waals surface area contributed by atoms with Crippen molar-refractivity contribution in [2.45, 2.75) is 38.8 Å². The molecule has 0 saturated heterocycles. The zero-order valence-electron chi connectivity index (χ0n) is 15.0. The summed E-state index contributed by atoms with van der Waals surface area (Å²) in [6.07, 6.45) is 2.75. The number of aliphatic hydroxyl groups excluding tert-OH is 1. The number of aliphatic hydroxyl groups is 2. The molecule has 0 aromatic heterocycles. The molecule has 0 bridgehead atoms. The van der Waals surface area contributed by atoms with E-state index in [4.69, 9.17) is 4.84 Å². The van der Waals surface area contributed by atoms with E-state index in [2.05, 4.69) is 0 Å². The van der Waals surface area contributed by atoms with Gasteiger partial charge in [-0.25, -0.2) is 0 Å². The lowest BCUT2D eigenvalue weighted by atomic mass is 9.75. The third kappa shape index (κ3) is 2.80. The van der Waals surface area contributed by atoms with Crippen LogP contribution >= 0.6 is 0 Å². The minimum Gasteiger partial charge on any atom is -0.508 e. The Morgan fingerprint density at radius 2 is 1.77 bits per heavy atom. The smallest absolute Gasteiger partial charge is 0.198 e. The molecule has 2 aliphatic rings. The molecule has 6 heteroatoms. The third-order valence-corrected chi connectivity index (χ3v) is 4.65. The lowest BCUT2D eigenvalue weighted by Gasteiger charge is -2.42. The van der Waals surface area contributed by atoms with Gasteiger partial charge in [-0.1, -0.05) is 38.1 Å². The van der Waals surface area contributed by atoms with Crippen LogP contribution in [0.2, 0.25) is 0 Å². The maximum absolute atomic E-state index is 13.1. The first-order valence-corrected chi connectivity index (χ1v) is 8.91. The van der Waals surface area contributed by atoms with Gasteiger partial charge in [0.05, 0.1) is 17.8 Å². The standard InChI is InChI=1S/C20H23NO5/c1-3-11-21(26-12-4-2)20(25)10-9-15(22)16-17(20)19(24)14-8-6-5-7-13(14)18(16)23/h5-9,22,25H,3-4,10-12H2,1-2H3. The van der Waals surface area contributed by atoms with E-state index in [1.54, 1.807) is 24.3 Å². The molecule has 0 radical (unpaired) electrons. The van der Waals surface area contributed by atoms with Crippen LogP contribution in [0.15, 0.2) is 47.2 Å². The van der Waals surface area contributed by atoms with Crippen molar-refractivity contribution in [1.29, 1.82) is 0 Å². The van der Waals surface area contributed by atoms with Gasteiger partial charge in [0.15, 0.2) is 17.3 Å². The molecule has 1 aromatic rings. The molecule has 1 unspecified atom stereocenters. The van der Waals surface area contributed by atoms with Gasteiger partial charge in [-0.15, -0.1) is 0 Å². The van der Waals surface area contributed by atoms with E-state index >= 15 is 0 Å². The second-order valence-electron chi connectivity index (χ2n) is 6.50. The molecule has 0 aliphatic heterocycles. The summed E-state index contributed by atoms with van der Waals surface area (Å²) in [5.41, 5.74) is -1.57. The van der Waals surface area contributed by atoms with Crippen LogP contribution in [-0.2, 0) is 4.84 Å². The van der Waals surface area contributed by atoms with E-state index in [1.165, 1.54) is 11.1 Å². The first kappa shape index (κ1) is 18.5. The monoisotopic (exact) mass is 357 g/mol. The Morgan fingerprint density at radius 3 is 2.38 bits per heavy atom. The minimum atomic E-state index is -1.80. The summed E-state index contributed by atoms with van der Waals surface area (Å²) in [4.78, 5) is 31.8. The third-order valence-electron chi connectivity index (χ3n) is 4.65. The Morgan fingerprint density at radius 1 is 1.12 bits per heavy atom. The number of fused-ring (bicyclic) bond motifs is 1. The van der Waals surface area contributed by atoms with Gasteiger partial charge in [-0.3, -0.25) is 14.4 Å². The first-order chi connectivity index (χ1) is 12.5. The summed E-state index contributed by atoms with van der Waals surface area (Å²) in [5, 5.41) is 23.1. The highest BCUT2D eigenvalue weighted by molar-refractivity contribution is 6.29. The number of Topliss-reactive ketones (excluding diaryl/α,β-unsaturated/α-hetero) is 2. The lowest BCUT2D eigenvalue weighted by Crippen LogP contribution is -2.54. The number of hydrogen-bond acceptors (Lipinski definition) is 6. The van der Waals surface area contributed by atoms with Crippen molar-refractivity contribution in [3.63, 3.8) is 0 Å². The molecule has 0 saturated carbocycles. The summed E-state index contributed by atoms with van der Waals surface area (Å²) in [7, 11) is 0. The van der Waals surface area contributed by atoms with E-state index in [0.29, 0.717) is 19.6 Å². The predicted molar refractivity (Wildman–Crippen MR) is 95.6 cm³/mol. The minimum absolute atomic E-state index is 0.0391. The van der Waals surface area contributed by atoms with Crippen molar-refractivity contribution in [3.8, 4) is 0 Å². The topological polar surface area (TPSA) is 87.1 Å². The molecule has 0 amide bonds. The molecular weight excluding hydrogens is 334 g/mol. The van der Waals surface area contributed by atoms with Crippen molar-refractivity contribution in [1.82, 2.24) is 5.06 Å². The molecule has 0 fully saturated rings. The van der Waals surface area contributed by atoms with Gasteiger partial charge in [0.2, 0.25) is 0 Å². The lowest BCUT2D eigenvalue weighted by molar-refractivity contribution is -0.276. The van der Waals surface area contributed by atoms with Crippen LogP contribution < -0.4 is 0 Å². The van der Waals surface area contributed by atoms with E-state index in [-0.39, 0.29) is 34.5 Å². The summed E-state index contributed by atoms with van der Waals surface area (Å²) in [5.74, 6) is -1.20. The van der Waals surface area contributed by atoms with E-state index < -0.39 is 17.3 Å².